The second kappa shape index (κ2) is 8.38. The predicted octanol–water partition coefficient (Wildman–Crippen LogP) is 5.10. The number of hydrogen-bond acceptors (Lipinski definition) is 4. The molecular formula is C21H12Cl2F3N5O2. The van der Waals surface area contributed by atoms with Crippen molar-refractivity contribution < 1.29 is 22.8 Å². The van der Waals surface area contributed by atoms with Gasteiger partial charge in [0.15, 0.2) is 11.5 Å². The van der Waals surface area contributed by atoms with Crippen LogP contribution in [0.1, 0.15) is 26.5 Å². The minimum Gasteiger partial charge on any atom is -0.366 e. The van der Waals surface area contributed by atoms with E-state index in [9.17, 15) is 22.8 Å². The van der Waals surface area contributed by atoms with Crippen molar-refractivity contribution >= 4 is 51.5 Å². The number of nitrogens with one attached hydrogen (secondary N) is 1. The van der Waals surface area contributed by atoms with Crippen LogP contribution in [0, 0.1) is 0 Å². The minimum atomic E-state index is -4.85. The maximum atomic E-state index is 13.4. The first-order valence-corrected chi connectivity index (χ1v) is 9.94. The maximum Gasteiger partial charge on any atom is 0.435 e. The summed E-state index contributed by atoms with van der Waals surface area (Å²) in [5.41, 5.74) is 3.30. The summed E-state index contributed by atoms with van der Waals surface area (Å²) in [6.07, 6.45) is -3.57. The fraction of sp³-hybridized carbons (Fsp3) is 0.0476. The number of nitrogens with two attached hydrogens (primary N) is 1. The van der Waals surface area contributed by atoms with Crippen LogP contribution in [0.2, 0.25) is 10.0 Å². The van der Waals surface area contributed by atoms with E-state index in [1.54, 1.807) is 24.3 Å². The van der Waals surface area contributed by atoms with Gasteiger partial charge in [-0.25, -0.2) is 9.67 Å². The number of nitrogens with zero attached hydrogens (tertiary/aromatic N) is 3. The van der Waals surface area contributed by atoms with Crippen LogP contribution in [-0.2, 0) is 6.18 Å². The molecule has 7 nitrogen and oxygen atoms in total. The second-order valence-corrected chi connectivity index (χ2v) is 7.57. The van der Waals surface area contributed by atoms with E-state index in [1.165, 1.54) is 24.4 Å². The van der Waals surface area contributed by atoms with Crippen LogP contribution in [0.25, 0.3) is 16.6 Å². The fourth-order valence-corrected chi connectivity index (χ4v) is 3.70. The lowest BCUT2D eigenvalue weighted by Gasteiger charge is -2.14. The number of anilines is 1. The highest BCUT2D eigenvalue weighted by Crippen LogP contribution is 2.36. The highest BCUT2D eigenvalue weighted by atomic mass is 35.5. The third kappa shape index (κ3) is 4.22. The van der Waals surface area contributed by atoms with E-state index in [1.807, 2.05) is 0 Å². The van der Waals surface area contributed by atoms with Crippen molar-refractivity contribution in [2.45, 2.75) is 6.18 Å². The average Bonchev–Trinajstić information content (AvgIpc) is 3.21. The summed E-state index contributed by atoms with van der Waals surface area (Å²) in [4.78, 5) is 29.0. The van der Waals surface area contributed by atoms with Gasteiger partial charge in [0.05, 0.1) is 21.3 Å². The zero-order valence-corrected chi connectivity index (χ0v) is 17.8. The number of halogens is 5. The Morgan fingerprint density at radius 3 is 2.45 bits per heavy atom. The third-order valence-corrected chi connectivity index (χ3v) is 5.35. The van der Waals surface area contributed by atoms with E-state index < -0.39 is 29.4 Å². The standard InChI is InChI=1S/C21H12Cl2F3N5O2/c22-13-6-3-7-28-19(13)31-14(9-15(30-31)21(24,25)26)20(33)29-17-12(18(27)32)8-10-4-1-2-5-11(10)16(17)23/h1-9H,(H2,27,32)(H,29,33). The number of fused-ring (bicyclic) bond motifs is 1. The number of primary amides is 1. The molecule has 2 amide bonds. The summed E-state index contributed by atoms with van der Waals surface area (Å²) in [5.74, 6) is -2.13. The molecule has 0 atom stereocenters. The molecule has 0 aliphatic rings. The predicted molar refractivity (Wildman–Crippen MR) is 117 cm³/mol. The topological polar surface area (TPSA) is 103 Å². The Bertz CT molecular complexity index is 1420. The number of alkyl halides is 3. The first-order chi connectivity index (χ1) is 15.6. The molecule has 0 aliphatic heterocycles. The van der Waals surface area contributed by atoms with Crippen molar-refractivity contribution in [2.24, 2.45) is 5.73 Å². The van der Waals surface area contributed by atoms with Gasteiger partial charge in [-0.15, -0.1) is 0 Å². The molecule has 0 saturated carbocycles. The van der Waals surface area contributed by atoms with E-state index >= 15 is 0 Å². The number of amides is 2. The molecule has 12 heteroatoms. The Labute approximate surface area is 193 Å². The van der Waals surface area contributed by atoms with Gasteiger partial charge in [0.1, 0.15) is 5.69 Å². The summed E-state index contributed by atoms with van der Waals surface area (Å²) in [6.45, 7) is 0. The quantitative estimate of drug-likeness (QED) is 0.412. The number of rotatable bonds is 4. The largest absolute Gasteiger partial charge is 0.435 e. The van der Waals surface area contributed by atoms with Gasteiger partial charge < -0.3 is 11.1 Å². The summed E-state index contributed by atoms with van der Waals surface area (Å²) < 4.78 is 40.7. The van der Waals surface area contributed by atoms with Gasteiger partial charge in [-0.1, -0.05) is 47.5 Å². The summed E-state index contributed by atoms with van der Waals surface area (Å²) >= 11 is 12.5. The molecular weight excluding hydrogens is 482 g/mol. The molecule has 168 valence electrons. The van der Waals surface area contributed by atoms with Crippen LogP contribution in [0.5, 0.6) is 0 Å². The normalized spacial score (nSPS) is 11.5. The van der Waals surface area contributed by atoms with Gasteiger partial charge >= 0.3 is 6.18 Å². The number of benzene rings is 2. The number of carbonyl (C=O) groups is 2. The smallest absolute Gasteiger partial charge is 0.366 e. The van der Waals surface area contributed by atoms with Gasteiger partial charge in [-0.2, -0.15) is 18.3 Å². The van der Waals surface area contributed by atoms with E-state index in [0.29, 0.717) is 21.5 Å². The zero-order valence-electron chi connectivity index (χ0n) is 16.3. The number of pyridine rings is 1. The fourth-order valence-electron chi connectivity index (χ4n) is 3.17. The van der Waals surface area contributed by atoms with Crippen molar-refractivity contribution in [1.82, 2.24) is 14.8 Å². The number of carbonyl (C=O) groups excluding carboxylic acids is 2. The molecule has 0 saturated heterocycles. The minimum absolute atomic E-state index is 0.00627. The molecule has 0 spiro atoms. The molecule has 0 bridgehead atoms. The Balaban J connectivity index is 1.86. The highest BCUT2D eigenvalue weighted by molar-refractivity contribution is 6.40. The van der Waals surface area contributed by atoms with Gasteiger partial charge in [0.2, 0.25) is 0 Å². The van der Waals surface area contributed by atoms with Crippen molar-refractivity contribution in [2.75, 3.05) is 5.32 Å². The molecule has 4 rings (SSSR count). The lowest BCUT2D eigenvalue weighted by molar-refractivity contribution is -0.141. The average molecular weight is 494 g/mol. The van der Waals surface area contributed by atoms with Crippen LogP contribution in [0.4, 0.5) is 18.9 Å². The molecule has 33 heavy (non-hydrogen) atoms. The van der Waals surface area contributed by atoms with Gasteiger partial charge in [0.25, 0.3) is 11.8 Å². The zero-order chi connectivity index (χ0) is 23.9. The van der Waals surface area contributed by atoms with Gasteiger partial charge in [-0.05, 0) is 23.6 Å². The molecule has 2 aromatic carbocycles. The van der Waals surface area contributed by atoms with E-state index in [0.717, 1.165) is 0 Å². The SMILES string of the molecule is NC(=O)c1cc2ccccc2c(Cl)c1NC(=O)c1cc(C(F)(F)F)nn1-c1ncccc1Cl. The number of hydrogen-bond donors (Lipinski definition) is 2. The van der Waals surface area contributed by atoms with Crippen molar-refractivity contribution in [3.8, 4) is 5.82 Å². The molecule has 2 heterocycles. The van der Waals surface area contributed by atoms with Crippen molar-refractivity contribution in [3.05, 3.63) is 81.7 Å². The molecule has 4 aromatic rings. The Kier molecular flexibility index (Phi) is 5.73. The van der Waals surface area contributed by atoms with Crippen LogP contribution >= 0.6 is 23.2 Å². The number of aromatic nitrogens is 3. The maximum absolute atomic E-state index is 13.4. The van der Waals surface area contributed by atoms with Crippen molar-refractivity contribution in [1.29, 1.82) is 0 Å². The molecule has 3 N–H and O–H groups in total. The first kappa shape index (κ1) is 22.6. The van der Waals surface area contributed by atoms with Crippen LogP contribution in [0.15, 0.2) is 54.7 Å². The van der Waals surface area contributed by atoms with Crippen LogP contribution in [-0.4, -0.2) is 26.6 Å². The van der Waals surface area contributed by atoms with E-state index in [4.69, 9.17) is 28.9 Å². The summed E-state index contributed by atoms with van der Waals surface area (Å²) in [6, 6.07) is 11.6. The van der Waals surface area contributed by atoms with Crippen LogP contribution in [0.3, 0.4) is 0 Å². The summed E-state index contributed by atoms with van der Waals surface area (Å²) in [5, 5.41) is 6.89. The lowest BCUT2D eigenvalue weighted by Crippen LogP contribution is -2.21. The second-order valence-electron chi connectivity index (χ2n) is 6.79. The van der Waals surface area contributed by atoms with Gasteiger partial charge in [0, 0.05) is 17.6 Å². The Hall–Kier alpha value is -3.63. The van der Waals surface area contributed by atoms with Crippen LogP contribution < -0.4 is 11.1 Å². The molecule has 0 fully saturated rings. The third-order valence-electron chi connectivity index (χ3n) is 4.66. The molecule has 2 aromatic heterocycles. The monoisotopic (exact) mass is 493 g/mol. The van der Waals surface area contributed by atoms with Gasteiger partial charge in [-0.3, -0.25) is 9.59 Å². The Morgan fingerprint density at radius 2 is 1.79 bits per heavy atom. The van der Waals surface area contributed by atoms with E-state index in [-0.39, 0.29) is 27.1 Å². The molecule has 0 radical (unpaired) electrons. The molecule has 0 aliphatic carbocycles. The highest BCUT2D eigenvalue weighted by Gasteiger charge is 2.37. The van der Waals surface area contributed by atoms with Crippen molar-refractivity contribution in [3.63, 3.8) is 0 Å². The molecule has 0 unspecified atom stereocenters. The summed E-state index contributed by atoms with van der Waals surface area (Å²) in [7, 11) is 0. The lowest BCUT2D eigenvalue weighted by atomic mass is 10.0. The first-order valence-electron chi connectivity index (χ1n) is 9.18. The van der Waals surface area contributed by atoms with E-state index in [2.05, 4.69) is 15.4 Å². The Morgan fingerprint density at radius 1 is 1.06 bits per heavy atom.